The summed E-state index contributed by atoms with van der Waals surface area (Å²) in [6.07, 6.45) is 8.49. The standard InChI is InChI=1S/C38H50O5/c1-24(2)14-13-20-36(9)28(18-17-25(3)4)23-37(21-19-26(5)6)33-29(22-30(43-33)35(7,8)42)32(40)38(36,34(37)41)31(39)27-15-11-10-12-16-27/h10-12,14-17,19,28,30,42H,13,18,20-23H2,1-9H3/t28-,30-,36+,37+,38-/m0/s1. The predicted molar refractivity (Wildman–Crippen MR) is 171 cm³/mol. The normalized spacial score (nSPS) is 29.9. The molecule has 232 valence electrons. The van der Waals surface area contributed by atoms with Crippen molar-refractivity contribution in [3.63, 3.8) is 0 Å². The molecule has 0 amide bonds. The minimum absolute atomic E-state index is 0.147. The van der Waals surface area contributed by atoms with Gasteiger partial charge in [-0.1, -0.05) is 72.2 Å². The molecular weight excluding hydrogens is 536 g/mol. The third kappa shape index (κ3) is 5.43. The van der Waals surface area contributed by atoms with Crippen molar-refractivity contribution in [2.24, 2.45) is 22.2 Å². The molecule has 1 aromatic carbocycles. The van der Waals surface area contributed by atoms with E-state index in [2.05, 4.69) is 26.0 Å². The molecule has 0 unspecified atom stereocenters. The SMILES string of the molecule is CC(C)=CCC[C@]1(C)[C@@H](CC=C(C)C)C[C@@]2(CC=C(C)C)C(=O)[C@]1(C(=O)c1ccccc1)C(=O)C1=C2O[C@H](C(C)(C)O)C1. The number of benzene rings is 1. The third-order valence-electron chi connectivity index (χ3n) is 10.2. The van der Waals surface area contributed by atoms with Gasteiger partial charge < -0.3 is 9.84 Å². The number of rotatable bonds is 10. The average molecular weight is 587 g/mol. The number of ether oxygens (including phenoxy) is 1. The Labute approximate surface area is 258 Å². The summed E-state index contributed by atoms with van der Waals surface area (Å²) in [7, 11) is 0. The van der Waals surface area contributed by atoms with E-state index in [4.69, 9.17) is 4.74 Å². The van der Waals surface area contributed by atoms with Crippen molar-refractivity contribution in [1.29, 1.82) is 0 Å². The van der Waals surface area contributed by atoms with Gasteiger partial charge in [-0.05, 0) is 98.8 Å². The lowest BCUT2D eigenvalue weighted by Gasteiger charge is -2.60. The van der Waals surface area contributed by atoms with Gasteiger partial charge >= 0.3 is 0 Å². The summed E-state index contributed by atoms with van der Waals surface area (Å²) >= 11 is 0. The summed E-state index contributed by atoms with van der Waals surface area (Å²) in [5.74, 6) is -0.935. The van der Waals surface area contributed by atoms with Crippen LogP contribution >= 0.6 is 0 Å². The Kier molecular flexibility index (Phi) is 9.02. The third-order valence-corrected chi connectivity index (χ3v) is 10.2. The molecule has 5 atom stereocenters. The van der Waals surface area contributed by atoms with Gasteiger partial charge in [-0.3, -0.25) is 14.4 Å². The molecule has 0 radical (unpaired) electrons. The van der Waals surface area contributed by atoms with Gasteiger partial charge in [0.25, 0.3) is 0 Å². The topological polar surface area (TPSA) is 80.7 Å². The van der Waals surface area contributed by atoms with E-state index >= 15 is 14.4 Å². The van der Waals surface area contributed by atoms with Gasteiger partial charge in [0.2, 0.25) is 0 Å². The highest BCUT2D eigenvalue weighted by molar-refractivity contribution is 6.36. The lowest BCUT2D eigenvalue weighted by atomic mass is 9.38. The van der Waals surface area contributed by atoms with Gasteiger partial charge in [0.1, 0.15) is 11.9 Å². The summed E-state index contributed by atoms with van der Waals surface area (Å²) in [5, 5.41) is 11.0. The van der Waals surface area contributed by atoms with Crippen molar-refractivity contribution in [1.82, 2.24) is 0 Å². The molecule has 1 saturated carbocycles. The van der Waals surface area contributed by atoms with Crippen LogP contribution in [0.15, 0.2) is 76.6 Å². The number of hydrogen-bond acceptors (Lipinski definition) is 5. The zero-order chi connectivity index (χ0) is 32.0. The highest BCUT2D eigenvalue weighted by atomic mass is 16.5. The van der Waals surface area contributed by atoms with Crippen LogP contribution in [0.3, 0.4) is 0 Å². The number of hydrogen-bond donors (Lipinski definition) is 1. The van der Waals surface area contributed by atoms with Crippen molar-refractivity contribution in [2.75, 3.05) is 0 Å². The number of aliphatic hydroxyl groups is 1. The predicted octanol–water partition coefficient (Wildman–Crippen LogP) is 8.29. The van der Waals surface area contributed by atoms with Crippen LogP contribution in [0, 0.1) is 22.2 Å². The van der Waals surface area contributed by atoms with Gasteiger partial charge in [-0.2, -0.15) is 0 Å². The van der Waals surface area contributed by atoms with E-state index in [0.29, 0.717) is 49.0 Å². The highest BCUT2D eigenvalue weighted by Crippen LogP contribution is 2.69. The number of ketones is 3. The second-order valence-electron chi connectivity index (χ2n) is 14.6. The Hall–Kier alpha value is -3.05. The Bertz CT molecular complexity index is 1410. The van der Waals surface area contributed by atoms with E-state index in [0.717, 1.165) is 16.7 Å². The van der Waals surface area contributed by atoms with Crippen molar-refractivity contribution < 1.29 is 24.2 Å². The Balaban J connectivity index is 2.10. The van der Waals surface area contributed by atoms with Gasteiger partial charge in [0.15, 0.2) is 22.8 Å². The number of fused-ring (bicyclic) bond motifs is 3. The van der Waals surface area contributed by atoms with Gasteiger partial charge in [0, 0.05) is 17.6 Å². The molecule has 4 rings (SSSR count). The molecule has 3 aliphatic rings. The molecule has 0 saturated heterocycles. The second kappa shape index (κ2) is 11.8. The molecule has 0 aromatic heterocycles. The number of allylic oxidation sites excluding steroid dienone is 7. The molecular formula is C38H50O5. The van der Waals surface area contributed by atoms with E-state index in [1.54, 1.807) is 38.1 Å². The lowest BCUT2D eigenvalue weighted by Crippen LogP contribution is -2.70. The Morgan fingerprint density at radius 1 is 0.977 bits per heavy atom. The minimum Gasteiger partial charge on any atom is -0.490 e. The maximum atomic E-state index is 15.5. The van der Waals surface area contributed by atoms with Crippen molar-refractivity contribution in [3.05, 3.63) is 82.2 Å². The first kappa shape index (κ1) is 32.9. The van der Waals surface area contributed by atoms with Crippen LogP contribution in [0.1, 0.15) is 111 Å². The maximum absolute atomic E-state index is 15.5. The van der Waals surface area contributed by atoms with E-state index in [1.807, 2.05) is 46.8 Å². The number of Topliss-reactive ketones (excluding diaryl/α,β-unsaturated/α-hetero) is 3. The smallest absolute Gasteiger partial charge is 0.184 e. The van der Waals surface area contributed by atoms with Crippen LogP contribution in [0.2, 0.25) is 0 Å². The first-order chi connectivity index (χ1) is 20.0. The first-order valence-corrected chi connectivity index (χ1v) is 15.7. The molecule has 0 spiro atoms. The monoisotopic (exact) mass is 586 g/mol. The molecule has 5 heteroatoms. The van der Waals surface area contributed by atoms with E-state index in [9.17, 15) is 5.11 Å². The van der Waals surface area contributed by atoms with Crippen LogP contribution in [0.25, 0.3) is 0 Å². The number of carbonyl (C=O) groups is 3. The number of carbonyl (C=O) groups excluding carboxylic acids is 3. The zero-order valence-corrected chi connectivity index (χ0v) is 27.6. The van der Waals surface area contributed by atoms with Gasteiger partial charge in [-0.15, -0.1) is 0 Å². The van der Waals surface area contributed by atoms with Crippen LogP contribution in [0.4, 0.5) is 0 Å². The summed E-state index contributed by atoms with van der Waals surface area (Å²) in [5.41, 5.74) is -1.13. The molecule has 1 heterocycles. The summed E-state index contributed by atoms with van der Waals surface area (Å²) in [4.78, 5) is 45.8. The van der Waals surface area contributed by atoms with Gasteiger partial charge in [0.05, 0.1) is 11.0 Å². The second-order valence-corrected chi connectivity index (χ2v) is 14.6. The molecule has 2 aliphatic carbocycles. The highest BCUT2D eigenvalue weighted by Gasteiger charge is 2.77. The molecule has 1 N–H and O–H groups in total. The fourth-order valence-electron chi connectivity index (χ4n) is 7.66. The molecule has 5 nitrogen and oxygen atoms in total. The van der Waals surface area contributed by atoms with E-state index in [1.165, 1.54) is 0 Å². The molecule has 1 aromatic rings. The Morgan fingerprint density at radius 2 is 1.58 bits per heavy atom. The fraction of sp³-hybridized carbons (Fsp3) is 0.553. The minimum atomic E-state index is -1.91. The van der Waals surface area contributed by atoms with Crippen LogP contribution < -0.4 is 0 Å². The maximum Gasteiger partial charge on any atom is 0.184 e. The van der Waals surface area contributed by atoms with E-state index in [-0.39, 0.29) is 18.1 Å². The first-order valence-electron chi connectivity index (χ1n) is 15.7. The largest absolute Gasteiger partial charge is 0.490 e. The van der Waals surface area contributed by atoms with Crippen molar-refractivity contribution in [3.8, 4) is 0 Å². The molecule has 1 fully saturated rings. The quantitative estimate of drug-likeness (QED) is 0.169. The average Bonchev–Trinajstić information content (AvgIpc) is 3.39. The van der Waals surface area contributed by atoms with Crippen molar-refractivity contribution in [2.45, 2.75) is 113 Å². The summed E-state index contributed by atoms with van der Waals surface area (Å²) < 4.78 is 6.50. The fourth-order valence-corrected chi connectivity index (χ4v) is 7.66. The summed E-state index contributed by atoms with van der Waals surface area (Å²) in [6.45, 7) is 17.5. The van der Waals surface area contributed by atoms with E-state index < -0.39 is 39.5 Å². The Morgan fingerprint density at radius 3 is 2.14 bits per heavy atom. The van der Waals surface area contributed by atoms with Crippen LogP contribution in [-0.4, -0.2) is 34.2 Å². The molecule has 1 aliphatic heterocycles. The molecule has 43 heavy (non-hydrogen) atoms. The van der Waals surface area contributed by atoms with Gasteiger partial charge in [-0.25, -0.2) is 0 Å². The summed E-state index contributed by atoms with van der Waals surface area (Å²) in [6, 6.07) is 8.86. The molecule has 2 bridgehead atoms. The lowest BCUT2D eigenvalue weighted by molar-refractivity contribution is -0.168. The van der Waals surface area contributed by atoms with Crippen LogP contribution in [0.5, 0.6) is 0 Å². The zero-order valence-electron chi connectivity index (χ0n) is 27.6. The van der Waals surface area contributed by atoms with Crippen LogP contribution in [-0.2, 0) is 14.3 Å². The van der Waals surface area contributed by atoms with Crippen molar-refractivity contribution >= 4 is 17.3 Å².